The van der Waals surface area contributed by atoms with Gasteiger partial charge in [-0.2, -0.15) is 4.98 Å². The summed E-state index contributed by atoms with van der Waals surface area (Å²) in [7, 11) is 1.89. The van der Waals surface area contributed by atoms with Crippen LogP contribution in [0.4, 0.5) is 0 Å². The summed E-state index contributed by atoms with van der Waals surface area (Å²) in [6, 6.07) is 8.01. The molecular formula is C16H21N5O2. The van der Waals surface area contributed by atoms with Crippen molar-refractivity contribution in [2.24, 2.45) is 0 Å². The number of aromatic nitrogens is 4. The quantitative estimate of drug-likeness (QED) is 0.744. The van der Waals surface area contributed by atoms with Gasteiger partial charge >= 0.3 is 5.69 Å². The van der Waals surface area contributed by atoms with Crippen LogP contribution < -0.4 is 11.0 Å². The summed E-state index contributed by atoms with van der Waals surface area (Å²) in [6.07, 6.45) is 0.686. The van der Waals surface area contributed by atoms with Crippen LogP contribution in [0.2, 0.25) is 0 Å². The van der Waals surface area contributed by atoms with E-state index in [2.05, 4.69) is 22.4 Å². The zero-order chi connectivity index (χ0) is 16.4. The van der Waals surface area contributed by atoms with Crippen LogP contribution in [0.15, 0.2) is 33.6 Å². The van der Waals surface area contributed by atoms with E-state index >= 15 is 0 Å². The van der Waals surface area contributed by atoms with E-state index in [4.69, 9.17) is 4.52 Å². The number of aryl methyl sites for hydroxylation is 1. The first-order valence-corrected chi connectivity index (χ1v) is 7.80. The maximum atomic E-state index is 12.6. The maximum Gasteiger partial charge on any atom is 0.329 e. The van der Waals surface area contributed by atoms with Gasteiger partial charge in [0.2, 0.25) is 5.89 Å². The number of hydrogen-bond donors (Lipinski definition) is 1. The molecule has 0 bridgehead atoms. The van der Waals surface area contributed by atoms with Gasteiger partial charge in [-0.3, -0.25) is 9.13 Å². The van der Waals surface area contributed by atoms with Crippen molar-refractivity contribution in [2.45, 2.75) is 39.4 Å². The van der Waals surface area contributed by atoms with Gasteiger partial charge in [0.1, 0.15) is 6.54 Å². The predicted octanol–water partition coefficient (Wildman–Crippen LogP) is 1.40. The van der Waals surface area contributed by atoms with Crippen molar-refractivity contribution in [2.75, 3.05) is 7.05 Å². The van der Waals surface area contributed by atoms with Gasteiger partial charge in [0.05, 0.1) is 11.0 Å². The number of hydrogen-bond acceptors (Lipinski definition) is 5. The van der Waals surface area contributed by atoms with Gasteiger partial charge in [0.25, 0.3) is 0 Å². The summed E-state index contributed by atoms with van der Waals surface area (Å²) in [5, 5.41) is 7.13. The Bertz CT molecular complexity index is 861. The maximum absolute atomic E-state index is 12.6. The fraction of sp³-hybridized carbons (Fsp3) is 0.438. The number of para-hydroxylation sites is 2. The minimum Gasteiger partial charge on any atom is -0.337 e. The van der Waals surface area contributed by atoms with Crippen molar-refractivity contribution in [1.29, 1.82) is 0 Å². The van der Waals surface area contributed by atoms with E-state index in [1.54, 1.807) is 9.13 Å². The normalized spacial score (nSPS) is 12.8. The van der Waals surface area contributed by atoms with Gasteiger partial charge < -0.3 is 9.84 Å². The van der Waals surface area contributed by atoms with Crippen LogP contribution >= 0.6 is 0 Å². The molecule has 0 saturated carbocycles. The second kappa shape index (κ2) is 6.37. The molecule has 1 aromatic carbocycles. The Labute approximate surface area is 133 Å². The molecule has 3 rings (SSSR count). The molecule has 0 aliphatic carbocycles. The fourth-order valence-electron chi connectivity index (χ4n) is 2.68. The molecule has 0 aliphatic heterocycles. The Balaban J connectivity index is 1.93. The third-order valence-electron chi connectivity index (χ3n) is 4.03. The number of imidazole rings is 1. The van der Waals surface area contributed by atoms with Crippen molar-refractivity contribution in [3.05, 3.63) is 46.5 Å². The first kappa shape index (κ1) is 15.5. The van der Waals surface area contributed by atoms with Crippen LogP contribution in [0.1, 0.15) is 25.6 Å². The van der Waals surface area contributed by atoms with Crippen molar-refractivity contribution in [3.63, 3.8) is 0 Å². The highest BCUT2D eigenvalue weighted by Gasteiger charge is 2.15. The van der Waals surface area contributed by atoms with Gasteiger partial charge in [0, 0.05) is 19.0 Å². The molecule has 0 aliphatic rings. The van der Waals surface area contributed by atoms with E-state index < -0.39 is 0 Å². The Morgan fingerprint density at radius 1 is 1.26 bits per heavy atom. The molecule has 122 valence electrons. The van der Waals surface area contributed by atoms with E-state index in [0.29, 0.717) is 24.7 Å². The molecular weight excluding hydrogens is 294 g/mol. The summed E-state index contributed by atoms with van der Waals surface area (Å²) >= 11 is 0. The standard InChI is InChI=1S/C16H21N5O2/c1-4-20-12-7-5-6-8-13(12)21(16(20)22)10-15-18-14(19-23-15)9-11(2)17-3/h5-8,11,17H,4,9-10H2,1-3H3. The molecule has 0 amide bonds. The van der Waals surface area contributed by atoms with Crippen LogP contribution in [-0.2, 0) is 19.5 Å². The molecule has 7 heteroatoms. The van der Waals surface area contributed by atoms with E-state index in [1.807, 2.05) is 38.2 Å². The third-order valence-corrected chi connectivity index (χ3v) is 4.03. The van der Waals surface area contributed by atoms with Gasteiger partial charge in [0.15, 0.2) is 5.82 Å². The first-order chi connectivity index (χ1) is 11.1. The topological polar surface area (TPSA) is 77.9 Å². The molecule has 1 unspecified atom stereocenters. The monoisotopic (exact) mass is 315 g/mol. The molecule has 2 aromatic heterocycles. The highest BCUT2D eigenvalue weighted by atomic mass is 16.5. The first-order valence-electron chi connectivity index (χ1n) is 7.80. The Morgan fingerprint density at radius 2 is 1.96 bits per heavy atom. The molecule has 0 saturated heterocycles. The average Bonchev–Trinajstić information content (AvgIpc) is 3.11. The molecule has 2 heterocycles. The highest BCUT2D eigenvalue weighted by Crippen LogP contribution is 2.14. The van der Waals surface area contributed by atoms with Gasteiger partial charge in [-0.05, 0) is 33.0 Å². The zero-order valence-corrected chi connectivity index (χ0v) is 13.6. The number of nitrogens with one attached hydrogen (secondary N) is 1. The van der Waals surface area contributed by atoms with Crippen molar-refractivity contribution in [3.8, 4) is 0 Å². The second-order valence-corrected chi connectivity index (χ2v) is 5.60. The summed E-state index contributed by atoms with van der Waals surface area (Å²) in [6.45, 7) is 4.92. The van der Waals surface area contributed by atoms with Gasteiger partial charge in [-0.25, -0.2) is 4.79 Å². The van der Waals surface area contributed by atoms with E-state index in [-0.39, 0.29) is 18.3 Å². The zero-order valence-electron chi connectivity index (χ0n) is 13.6. The molecule has 3 aromatic rings. The molecule has 23 heavy (non-hydrogen) atoms. The van der Waals surface area contributed by atoms with E-state index in [0.717, 1.165) is 11.0 Å². The van der Waals surface area contributed by atoms with Crippen LogP contribution in [0.25, 0.3) is 11.0 Å². The lowest BCUT2D eigenvalue weighted by Crippen LogP contribution is -2.25. The number of likely N-dealkylation sites (N-methyl/N-ethyl adjacent to an activating group) is 1. The molecule has 0 radical (unpaired) electrons. The highest BCUT2D eigenvalue weighted by molar-refractivity contribution is 5.76. The van der Waals surface area contributed by atoms with Crippen LogP contribution in [0, 0.1) is 0 Å². The number of benzene rings is 1. The summed E-state index contributed by atoms with van der Waals surface area (Å²) in [4.78, 5) is 17.0. The average molecular weight is 315 g/mol. The minimum absolute atomic E-state index is 0.0583. The summed E-state index contributed by atoms with van der Waals surface area (Å²) in [5.74, 6) is 1.10. The second-order valence-electron chi connectivity index (χ2n) is 5.60. The van der Waals surface area contributed by atoms with Gasteiger partial charge in [-0.1, -0.05) is 17.3 Å². The fourth-order valence-corrected chi connectivity index (χ4v) is 2.68. The Morgan fingerprint density at radius 3 is 2.61 bits per heavy atom. The SMILES string of the molecule is CCn1c(=O)n(Cc2nc(CC(C)NC)no2)c2ccccc21. The lowest BCUT2D eigenvalue weighted by atomic mass is 10.2. The largest absolute Gasteiger partial charge is 0.337 e. The molecule has 7 nitrogen and oxygen atoms in total. The number of rotatable bonds is 6. The summed E-state index contributed by atoms with van der Waals surface area (Å²) in [5.41, 5.74) is 1.74. The van der Waals surface area contributed by atoms with Gasteiger partial charge in [-0.15, -0.1) is 0 Å². The molecule has 0 fully saturated rings. The molecule has 1 atom stereocenters. The number of nitrogens with zero attached hydrogens (tertiary/aromatic N) is 4. The van der Waals surface area contributed by atoms with Crippen LogP contribution in [0.3, 0.4) is 0 Å². The van der Waals surface area contributed by atoms with Crippen molar-refractivity contribution < 1.29 is 4.52 Å². The van der Waals surface area contributed by atoms with E-state index in [1.165, 1.54) is 0 Å². The summed E-state index contributed by atoms with van der Waals surface area (Å²) < 4.78 is 8.73. The van der Waals surface area contributed by atoms with Crippen molar-refractivity contribution in [1.82, 2.24) is 24.6 Å². The smallest absolute Gasteiger partial charge is 0.329 e. The van der Waals surface area contributed by atoms with Crippen LogP contribution in [0.5, 0.6) is 0 Å². The Hall–Kier alpha value is -2.41. The minimum atomic E-state index is -0.0583. The predicted molar refractivity (Wildman–Crippen MR) is 87.5 cm³/mol. The number of fused-ring (bicyclic) bond motifs is 1. The lowest BCUT2D eigenvalue weighted by Gasteiger charge is -2.04. The van der Waals surface area contributed by atoms with E-state index in [9.17, 15) is 4.79 Å². The van der Waals surface area contributed by atoms with Crippen LogP contribution in [-0.4, -0.2) is 32.4 Å². The molecule has 1 N–H and O–H groups in total. The third kappa shape index (κ3) is 2.92. The molecule has 0 spiro atoms. The lowest BCUT2D eigenvalue weighted by molar-refractivity contribution is 0.364. The van der Waals surface area contributed by atoms with Crippen molar-refractivity contribution >= 4 is 11.0 Å². The Kier molecular flexibility index (Phi) is 4.29.